The van der Waals surface area contributed by atoms with Gasteiger partial charge in [-0.05, 0) is 54.3 Å². The minimum absolute atomic E-state index is 0.117. The predicted molar refractivity (Wildman–Crippen MR) is 130 cm³/mol. The van der Waals surface area contributed by atoms with E-state index in [1.807, 2.05) is 0 Å². The van der Waals surface area contributed by atoms with E-state index in [1.165, 1.54) is 39.2 Å². The van der Waals surface area contributed by atoms with Gasteiger partial charge in [-0.2, -0.15) is 0 Å². The summed E-state index contributed by atoms with van der Waals surface area (Å²) in [4.78, 5) is 0. The number of hydrogen-bond donors (Lipinski definition) is 0. The van der Waals surface area contributed by atoms with Crippen LogP contribution in [0.3, 0.4) is 0 Å². The molecule has 0 fully saturated rings. The van der Waals surface area contributed by atoms with Crippen molar-refractivity contribution in [2.45, 2.75) is 120 Å². The van der Waals surface area contributed by atoms with Crippen molar-refractivity contribution >= 4 is 7.82 Å². The molecular formula is C25H53O4P. The van der Waals surface area contributed by atoms with Crippen molar-refractivity contribution < 1.29 is 18.1 Å². The summed E-state index contributed by atoms with van der Waals surface area (Å²) in [5.41, 5.74) is 0.639. The van der Waals surface area contributed by atoms with E-state index in [4.69, 9.17) is 13.6 Å². The van der Waals surface area contributed by atoms with Crippen molar-refractivity contribution in [1.82, 2.24) is 0 Å². The average molecular weight is 449 g/mol. The predicted octanol–water partition coefficient (Wildman–Crippen LogP) is 9.04. The summed E-state index contributed by atoms with van der Waals surface area (Å²) in [6, 6.07) is 0. The fraction of sp³-hybridized carbons (Fsp3) is 1.00. The molecule has 2 atom stereocenters. The fourth-order valence-corrected chi connectivity index (χ4v) is 5.30. The number of unbranched alkanes of at least 4 members (excludes halogenated alkanes) is 1. The third-order valence-electron chi connectivity index (χ3n) is 6.78. The highest BCUT2D eigenvalue weighted by atomic mass is 31.2. The molecule has 0 aliphatic carbocycles. The molecule has 0 saturated heterocycles. The van der Waals surface area contributed by atoms with E-state index in [0.29, 0.717) is 24.5 Å². The molecule has 0 N–H and O–H groups in total. The van der Waals surface area contributed by atoms with E-state index in [2.05, 4.69) is 62.3 Å². The molecular weight excluding hydrogens is 395 g/mol. The van der Waals surface area contributed by atoms with Gasteiger partial charge in [0.05, 0.1) is 13.2 Å². The average Bonchev–Trinajstić information content (AvgIpc) is 2.64. The first kappa shape index (κ1) is 30.1. The first-order valence-corrected chi connectivity index (χ1v) is 13.7. The molecule has 0 aromatic rings. The van der Waals surface area contributed by atoms with Gasteiger partial charge < -0.3 is 0 Å². The van der Waals surface area contributed by atoms with Crippen LogP contribution < -0.4 is 0 Å². The Balaban J connectivity index is 4.63. The van der Waals surface area contributed by atoms with Gasteiger partial charge >= 0.3 is 7.82 Å². The zero-order chi connectivity index (χ0) is 23.5. The summed E-state index contributed by atoms with van der Waals surface area (Å²) < 4.78 is 29.3. The smallest absolute Gasteiger partial charge is 0.290 e. The normalized spacial score (nSPS) is 16.5. The highest BCUT2D eigenvalue weighted by Gasteiger charge is 2.33. The molecule has 0 bridgehead atoms. The van der Waals surface area contributed by atoms with Gasteiger partial charge in [0.2, 0.25) is 0 Å². The van der Waals surface area contributed by atoms with Gasteiger partial charge in [0.25, 0.3) is 0 Å². The van der Waals surface area contributed by atoms with E-state index in [1.54, 1.807) is 0 Å². The van der Waals surface area contributed by atoms with E-state index >= 15 is 0 Å². The summed E-state index contributed by atoms with van der Waals surface area (Å²) in [7, 11) is -2.07. The monoisotopic (exact) mass is 448 g/mol. The highest BCUT2D eigenvalue weighted by molar-refractivity contribution is 7.48. The van der Waals surface area contributed by atoms with Crippen molar-refractivity contribution in [3.05, 3.63) is 0 Å². The third kappa shape index (κ3) is 12.2. The van der Waals surface area contributed by atoms with Crippen LogP contribution in [0.15, 0.2) is 0 Å². The quantitative estimate of drug-likeness (QED) is 0.196. The summed E-state index contributed by atoms with van der Waals surface area (Å²) in [5.74, 6) is 0.670. The van der Waals surface area contributed by atoms with Crippen LogP contribution in [0.1, 0.15) is 120 Å². The molecule has 30 heavy (non-hydrogen) atoms. The third-order valence-corrected chi connectivity index (χ3v) is 8.22. The molecule has 0 radical (unpaired) electrons. The Bertz CT molecular complexity index is 499. The Kier molecular flexibility index (Phi) is 13.7. The minimum Gasteiger partial charge on any atom is -0.290 e. The first-order valence-electron chi connectivity index (χ1n) is 12.2. The topological polar surface area (TPSA) is 44.8 Å². The SMILES string of the molecule is CCCCC(C)(C)CCOP(=O)(OC)OCCC(C)(C)CC(CC)C(C)(C)CCC. The van der Waals surface area contributed by atoms with E-state index < -0.39 is 7.82 Å². The zero-order valence-corrected chi connectivity index (χ0v) is 22.8. The molecule has 4 nitrogen and oxygen atoms in total. The second kappa shape index (κ2) is 13.6. The molecule has 0 aliphatic heterocycles. The van der Waals surface area contributed by atoms with Crippen molar-refractivity contribution in [2.24, 2.45) is 22.2 Å². The molecule has 5 heteroatoms. The van der Waals surface area contributed by atoms with Crippen LogP contribution in [-0.2, 0) is 18.1 Å². The first-order chi connectivity index (χ1) is 13.8. The number of rotatable bonds is 18. The lowest BCUT2D eigenvalue weighted by molar-refractivity contribution is 0.0842. The van der Waals surface area contributed by atoms with Gasteiger partial charge in [-0.3, -0.25) is 13.6 Å². The maximum Gasteiger partial charge on any atom is 0.474 e. The van der Waals surface area contributed by atoms with Crippen LogP contribution in [0.2, 0.25) is 0 Å². The van der Waals surface area contributed by atoms with Crippen LogP contribution in [0, 0.1) is 22.2 Å². The van der Waals surface area contributed by atoms with Gasteiger partial charge in [0, 0.05) is 7.11 Å². The van der Waals surface area contributed by atoms with Crippen molar-refractivity contribution in [3.63, 3.8) is 0 Å². The Hall–Kier alpha value is 0.110. The van der Waals surface area contributed by atoms with Crippen molar-refractivity contribution in [3.8, 4) is 0 Å². The lowest BCUT2D eigenvalue weighted by Crippen LogP contribution is -2.29. The number of phosphoric ester groups is 1. The van der Waals surface area contributed by atoms with Gasteiger partial charge in [0.15, 0.2) is 0 Å². The van der Waals surface area contributed by atoms with Crippen molar-refractivity contribution in [2.75, 3.05) is 20.3 Å². The maximum atomic E-state index is 12.8. The van der Waals surface area contributed by atoms with Crippen LogP contribution in [0.25, 0.3) is 0 Å². The Labute approximate surface area is 188 Å². The molecule has 182 valence electrons. The van der Waals surface area contributed by atoms with Gasteiger partial charge in [-0.25, -0.2) is 4.57 Å². The molecule has 0 saturated carbocycles. The Morgan fingerprint density at radius 1 is 0.767 bits per heavy atom. The van der Waals surface area contributed by atoms with E-state index in [9.17, 15) is 4.57 Å². The van der Waals surface area contributed by atoms with Crippen LogP contribution in [0.5, 0.6) is 0 Å². The summed E-state index contributed by atoms with van der Waals surface area (Å²) in [6.45, 7) is 21.4. The molecule has 0 aliphatic rings. The van der Waals surface area contributed by atoms with Crippen LogP contribution in [0.4, 0.5) is 0 Å². The summed E-state index contributed by atoms with van der Waals surface area (Å²) in [5, 5.41) is 0. The standard InChI is InChI=1S/C25H53O4P/c1-11-14-16-23(4,5)17-19-28-30(26,27-10)29-20-18-24(6,7)21-22(13-3)25(8,9)15-12-2/h22H,11-21H2,1-10H3. The largest absolute Gasteiger partial charge is 0.474 e. The van der Waals surface area contributed by atoms with Gasteiger partial charge in [0.1, 0.15) is 0 Å². The molecule has 2 unspecified atom stereocenters. The highest BCUT2D eigenvalue weighted by Crippen LogP contribution is 2.50. The Morgan fingerprint density at radius 2 is 1.30 bits per heavy atom. The number of hydrogen-bond acceptors (Lipinski definition) is 4. The molecule has 0 amide bonds. The summed E-state index contributed by atoms with van der Waals surface area (Å²) >= 11 is 0. The molecule has 0 aromatic heterocycles. The molecule has 0 spiro atoms. The lowest BCUT2D eigenvalue weighted by Gasteiger charge is -2.39. The van der Waals surface area contributed by atoms with Gasteiger partial charge in [-0.1, -0.05) is 88.0 Å². The van der Waals surface area contributed by atoms with Crippen LogP contribution in [-0.4, -0.2) is 20.3 Å². The molecule has 0 heterocycles. The van der Waals surface area contributed by atoms with E-state index in [0.717, 1.165) is 25.7 Å². The second-order valence-corrected chi connectivity index (χ2v) is 13.1. The zero-order valence-electron chi connectivity index (χ0n) is 21.9. The number of phosphoric acid groups is 1. The molecule has 0 aromatic carbocycles. The second-order valence-electron chi connectivity index (χ2n) is 11.3. The lowest BCUT2D eigenvalue weighted by atomic mass is 9.67. The Morgan fingerprint density at radius 3 is 1.73 bits per heavy atom. The summed E-state index contributed by atoms with van der Waals surface area (Å²) in [6.07, 6.45) is 10.0. The molecule has 0 rings (SSSR count). The van der Waals surface area contributed by atoms with Crippen LogP contribution >= 0.6 is 7.82 Å². The van der Waals surface area contributed by atoms with Crippen molar-refractivity contribution in [1.29, 1.82) is 0 Å². The minimum atomic E-state index is -3.48. The van der Waals surface area contributed by atoms with E-state index in [-0.39, 0.29) is 10.8 Å². The van der Waals surface area contributed by atoms with Gasteiger partial charge in [-0.15, -0.1) is 0 Å². The fourth-order valence-electron chi connectivity index (χ4n) is 4.38. The maximum absolute atomic E-state index is 12.8.